The summed E-state index contributed by atoms with van der Waals surface area (Å²) < 4.78 is 6.65. The highest BCUT2D eigenvalue weighted by Gasteiger charge is 2.28. The Morgan fingerprint density at radius 1 is 1.53 bits per heavy atom. The molecule has 1 N–H and O–H groups in total. The van der Waals surface area contributed by atoms with Gasteiger partial charge in [0, 0.05) is 18.5 Å². The van der Waals surface area contributed by atoms with Crippen molar-refractivity contribution >= 4 is 0 Å². The molecule has 96 valence electrons. The Balaban J connectivity index is 3.01. The Hall–Kier alpha value is -1.20. The zero-order valence-corrected chi connectivity index (χ0v) is 11.0. The number of nitrogens with zero attached hydrogens (tertiary/aromatic N) is 2. The summed E-state index contributed by atoms with van der Waals surface area (Å²) >= 11 is 0. The van der Waals surface area contributed by atoms with E-state index in [-0.39, 0.29) is 12.2 Å². The number of ether oxygens (including phenoxy) is 1. The molecule has 0 aromatic carbocycles. The van der Waals surface area contributed by atoms with Crippen molar-refractivity contribution in [2.45, 2.75) is 45.9 Å². The molecule has 17 heavy (non-hydrogen) atoms. The first-order chi connectivity index (χ1) is 7.77. The van der Waals surface area contributed by atoms with Gasteiger partial charge in [-0.15, -0.1) is 0 Å². The number of aliphatic hydroxyl groups is 1. The van der Waals surface area contributed by atoms with E-state index in [9.17, 15) is 9.90 Å². The van der Waals surface area contributed by atoms with Gasteiger partial charge in [0.25, 0.3) is 0 Å². The summed E-state index contributed by atoms with van der Waals surface area (Å²) in [4.78, 5) is 15.6. The first-order valence-corrected chi connectivity index (χ1v) is 5.56. The van der Waals surface area contributed by atoms with Gasteiger partial charge in [0.1, 0.15) is 6.10 Å². The average Bonchev–Trinajstić information content (AvgIpc) is 2.22. The van der Waals surface area contributed by atoms with E-state index in [0.29, 0.717) is 5.69 Å². The second-order valence-electron chi connectivity index (χ2n) is 4.76. The standard InChI is InChI=1S/C12H20N2O3/c1-8-6-9(2)14(11(16)13-8)7-10(15)12(3,4)17-5/h6,10,15H,7H2,1-5H3. The van der Waals surface area contributed by atoms with Crippen LogP contribution in [0.2, 0.25) is 0 Å². The fraction of sp³-hybridized carbons (Fsp3) is 0.667. The monoisotopic (exact) mass is 240 g/mol. The lowest BCUT2D eigenvalue weighted by Crippen LogP contribution is -2.43. The number of hydrogen-bond acceptors (Lipinski definition) is 4. The van der Waals surface area contributed by atoms with Crippen LogP contribution in [0, 0.1) is 13.8 Å². The van der Waals surface area contributed by atoms with Gasteiger partial charge in [-0.25, -0.2) is 4.79 Å². The van der Waals surface area contributed by atoms with Crippen LogP contribution >= 0.6 is 0 Å². The van der Waals surface area contributed by atoms with Gasteiger partial charge in [-0.05, 0) is 33.8 Å². The first kappa shape index (κ1) is 13.9. The zero-order chi connectivity index (χ0) is 13.2. The highest BCUT2D eigenvalue weighted by atomic mass is 16.5. The minimum atomic E-state index is -0.770. The predicted molar refractivity (Wildman–Crippen MR) is 65.1 cm³/mol. The second-order valence-corrected chi connectivity index (χ2v) is 4.76. The van der Waals surface area contributed by atoms with E-state index < -0.39 is 11.7 Å². The van der Waals surface area contributed by atoms with Crippen molar-refractivity contribution < 1.29 is 9.84 Å². The van der Waals surface area contributed by atoms with E-state index in [2.05, 4.69) is 4.98 Å². The highest BCUT2D eigenvalue weighted by molar-refractivity contribution is 5.06. The van der Waals surface area contributed by atoms with Crippen molar-refractivity contribution in [2.24, 2.45) is 0 Å². The summed E-state index contributed by atoms with van der Waals surface area (Å²) in [6, 6.07) is 1.81. The molecule has 1 aromatic heterocycles. The first-order valence-electron chi connectivity index (χ1n) is 5.56. The summed E-state index contributed by atoms with van der Waals surface area (Å²) in [6.45, 7) is 7.33. The molecule has 0 spiro atoms. The van der Waals surface area contributed by atoms with Gasteiger partial charge in [-0.1, -0.05) is 0 Å². The lowest BCUT2D eigenvalue weighted by Gasteiger charge is -2.29. The minimum Gasteiger partial charge on any atom is -0.388 e. The normalized spacial score (nSPS) is 13.8. The smallest absolute Gasteiger partial charge is 0.348 e. The lowest BCUT2D eigenvalue weighted by molar-refractivity contribution is -0.0838. The van der Waals surface area contributed by atoms with Crippen molar-refractivity contribution in [2.75, 3.05) is 7.11 Å². The fourth-order valence-corrected chi connectivity index (χ4v) is 1.53. The van der Waals surface area contributed by atoms with Crippen LogP contribution in [-0.4, -0.2) is 33.5 Å². The topological polar surface area (TPSA) is 64.3 Å². The molecular formula is C12H20N2O3. The molecule has 1 heterocycles. The summed E-state index contributed by atoms with van der Waals surface area (Å²) in [5.41, 5.74) is 0.433. The number of rotatable bonds is 4. The Morgan fingerprint density at radius 3 is 2.59 bits per heavy atom. The van der Waals surface area contributed by atoms with Gasteiger partial charge in [-0.2, -0.15) is 4.98 Å². The van der Waals surface area contributed by atoms with Crippen LogP contribution < -0.4 is 5.69 Å². The van der Waals surface area contributed by atoms with E-state index >= 15 is 0 Å². The molecule has 5 nitrogen and oxygen atoms in total. The van der Waals surface area contributed by atoms with Gasteiger partial charge < -0.3 is 9.84 Å². The van der Waals surface area contributed by atoms with Gasteiger partial charge >= 0.3 is 5.69 Å². The Labute approximate surface area is 101 Å². The van der Waals surface area contributed by atoms with Crippen LogP contribution in [0.1, 0.15) is 25.2 Å². The van der Waals surface area contributed by atoms with Crippen LogP contribution in [-0.2, 0) is 11.3 Å². The number of aromatic nitrogens is 2. The Kier molecular flexibility index (Phi) is 4.06. The maximum atomic E-state index is 11.7. The quantitative estimate of drug-likeness (QED) is 0.839. The summed E-state index contributed by atoms with van der Waals surface area (Å²) in [5, 5.41) is 10.0. The van der Waals surface area contributed by atoms with Gasteiger partial charge in [-0.3, -0.25) is 4.57 Å². The molecule has 0 aliphatic carbocycles. The third-order valence-electron chi connectivity index (χ3n) is 3.03. The third kappa shape index (κ3) is 3.14. The summed E-state index contributed by atoms with van der Waals surface area (Å²) in [6.07, 6.45) is -0.770. The van der Waals surface area contributed by atoms with Crippen molar-refractivity contribution in [3.63, 3.8) is 0 Å². The molecule has 1 aromatic rings. The average molecular weight is 240 g/mol. The largest absolute Gasteiger partial charge is 0.388 e. The molecule has 1 rings (SSSR count). The van der Waals surface area contributed by atoms with E-state index in [1.807, 2.05) is 13.0 Å². The van der Waals surface area contributed by atoms with Crippen molar-refractivity contribution in [1.29, 1.82) is 0 Å². The molecule has 0 fully saturated rings. The van der Waals surface area contributed by atoms with Crippen molar-refractivity contribution in [3.05, 3.63) is 27.9 Å². The van der Waals surface area contributed by atoms with E-state index in [1.54, 1.807) is 20.8 Å². The molecule has 0 amide bonds. The Bertz CT molecular complexity index is 452. The summed E-state index contributed by atoms with van der Waals surface area (Å²) in [7, 11) is 1.53. The summed E-state index contributed by atoms with van der Waals surface area (Å²) in [5.74, 6) is 0. The SMILES string of the molecule is COC(C)(C)C(O)Cn1c(C)cc(C)nc1=O. The zero-order valence-electron chi connectivity index (χ0n) is 11.0. The molecule has 0 saturated carbocycles. The maximum absolute atomic E-state index is 11.7. The van der Waals surface area contributed by atoms with Gasteiger partial charge in [0.05, 0.1) is 12.1 Å². The Morgan fingerprint density at radius 2 is 2.12 bits per heavy atom. The number of aliphatic hydroxyl groups excluding tert-OH is 1. The molecule has 0 bridgehead atoms. The van der Waals surface area contributed by atoms with Crippen molar-refractivity contribution in [3.8, 4) is 0 Å². The highest BCUT2D eigenvalue weighted by Crippen LogP contribution is 2.15. The molecule has 0 aliphatic heterocycles. The van der Waals surface area contributed by atoms with Gasteiger partial charge in [0.15, 0.2) is 0 Å². The van der Waals surface area contributed by atoms with Gasteiger partial charge in [0.2, 0.25) is 0 Å². The van der Waals surface area contributed by atoms with E-state index in [4.69, 9.17) is 4.74 Å². The number of hydrogen-bond donors (Lipinski definition) is 1. The number of methoxy groups -OCH3 is 1. The van der Waals surface area contributed by atoms with Crippen molar-refractivity contribution in [1.82, 2.24) is 9.55 Å². The predicted octanol–water partition coefficient (Wildman–Crippen LogP) is 0.646. The third-order valence-corrected chi connectivity index (χ3v) is 3.03. The lowest BCUT2D eigenvalue weighted by atomic mass is 10.0. The maximum Gasteiger partial charge on any atom is 0.348 e. The molecule has 0 saturated heterocycles. The van der Waals surface area contributed by atoms with Crippen LogP contribution in [0.25, 0.3) is 0 Å². The molecule has 0 radical (unpaired) electrons. The van der Waals surface area contributed by atoms with Crippen LogP contribution in [0.15, 0.2) is 10.9 Å². The molecule has 5 heteroatoms. The second kappa shape index (κ2) is 4.98. The molecule has 1 atom stereocenters. The number of aryl methyl sites for hydroxylation is 2. The minimum absolute atomic E-state index is 0.179. The van der Waals surface area contributed by atoms with Crippen LogP contribution in [0.4, 0.5) is 0 Å². The van der Waals surface area contributed by atoms with E-state index in [0.717, 1.165) is 5.69 Å². The molecule has 1 unspecified atom stereocenters. The fourth-order valence-electron chi connectivity index (χ4n) is 1.53. The molecule has 0 aliphatic rings. The van der Waals surface area contributed by atoms with Crippen LogP contribution in [0.3, 0.4) is 0 Å². The van der Waals surface area contributed by atoms with Crippen LogP contribution in [0.5, 0.6) is 0 Å². The van der Waals surface area contributed by atoms with E-state index in [1.165, 1.54) is 11.7 Å². The molecular weight excluding hydrogens is 220 g/mol.